The number of alkyl halides is 3. The van der Waals surface area contributed by atoms with Crippen molar-refractivity contribution in [3.05, 3.63) is 24.0 Å². The fourth-order valence-electron chi connectivity index (χ4n) is 1.15. The van der Waals surface area contributed by atoms with Crippen LogP contribution in [-0.4, -0.2) is 23.6 Å². The predicted molar refractivity (Wildman–Crippen MR) is 64.4 cm³/mol. The zero-order valence-electron chi connectivity index (χ0n) is 9.42. The quantitative estimate of drug-likeness (QED) is 0.881. The van der Waals surface area contributed by atoms with E-state index < -0.39 is 26.2 Å². The van der Waals surface area contributed by atoms with E-state index in [1.165, 1.54) is 0 Å². The van der Waals surface area contributed by atoms with Gasteiger partial charge >= 0.3 is 6.18 Å². The average molecular weight is 325 g/mol. The number of hydrogen-bond acceptors (Lipinski definition) is 7. The van der Waals surface area contributed by atoms with E-state index in [9.17, 15) is 21.6 Å². The molecule has 0 aliphatic heterocycles. The topological polar surface area (TPSA) is 111 Å². The molecule has 0 aliphatic rings. The fourth-order valence-corrected chi connectivity index (χ4v) is 2.98. The van der Waals surface area contributed by atoms with Gasteiger partial charge in [-0.15, -0.1) is 10.2 Å². The lowest BCUT2D eigenvalue weighted by molar-refractivity contribution is -0.141. The SMILES string of the molecule is Nc1nnc(S(=O)(=O)Nc2ccc(C(F)(F)F)nc2)s1. The number of pyridine rings is 1. The van der Waals surface area contributed by atoms with Crippen LogP contribution in [0.3, 0.4) is 0 Å². The molecule has 3 N–H and O–H groups in total. The number of hydrogen-bond donors (Lipinski definition) is 2. The Labute approximate surface area is 114 Å². The molecular weight excluding hydrogens is 319 g/mol. The highest BCUT2D eigenvalue weighted by atomic mass is 32.2. The molecule has 108 valence electrons. The van der Waals surface area contributed by atoms with Gasteiger partial charge in [0.2, 0.25) is 5.13 Å². The molecule has 0 radical (unpaired) electrons. The van der Waals surface area contributed by atoms with Gasteiger partial charge in [-0.3, -0.25) is 4.72 Å². The number of halogens is 3. The molecule has 0 amide bonds. The summed E-state index contributed by atoms with van der Waals surface area (Å²) < 4.78 is 62.1. The molecule has 2 rings (SSSR count). The second kappa shape index (κ2) is 4.86. The summed E-state index contributed by atoms with van der Waals surface area (Å²) in [7, 11) is -4.05. The lowest BCUT2D eigenvalue weighted by atomic mass is 10.3. The smallest absolute Gasteiger partial charge is 0.374 e. The lowest BCUT2D eigenvalue weighted by Crippen LogP contribution is -2.14. The minimum absolute atomic E-state index is 0.0454. The average Bonchev–Trinajstić information content (AvgIpc) is 2.76. The molecule has 0 saturated heterocycles. The van der Waals surface area contributed by atoms with E-state index in [4.69, 9.17) is 5.73 Å². The molecule has 0 aromatic carbocycles. The number of anilines is 2. The molecule has 2 aromatic rings. The molecule has 0 atom stereocenters. The van der Waals surface area contributed by atoms with Crippen LogP contribution in [0.4, 0.5) is 24.0 Å². The van der Waals surface area contributed by atoms with Crippen molar-refractivity contribution < 1.29 is 21.6 Å². The predicted octanol–water partition coefficient (Wildman–Crippen LogP) is 1.33. The summed E-state index contributed by atoms with van der Waals surface area (Å²) in [5.41, 5.74) is 3.99. The third kappa shape index (κ3) is 3.14. The van der Waals surface area contributed by atoms with Crippen LogP contribution < -0.4 is 10.5 Å². The van der Waals surface area contributed by atoms with Gasteiger partial charge in [-0.1, -0.05) is 11.3 Å². The molecule has 0 aliphatic carbocycles. The van der Waals surface area contributed by atoms with Crippen LogP contribution in [0.15, 0.2) is 22.7 Å². The van der Waals surface area contributed by atoms with Gasteiger partial charge in [0.25, 0.3) is 14.4 Å². The van der Waals surface area contributed by atoms with E-state index in [1.54, 1.807) is 0 Å². The van der Waals surface area contributed by atoms with Crippen molar-refractivity contribution in [3.63, 3.8) is 0 Å². The van der Waals surface area contributed by atoms with Gasteiger partial charge < -0.3 is 5.73 Å². The Morgan fingerprint density at radius 2 is 1.95 bits per heavy atom. The van der Waals surface area contributed by atoms with Crippen molar-refractivity contribution in [2.24, 2.45) is 0 Å². The van der Waals surface area contributed by atoms with Crippen LogP contribution in [0.25, 0.3) is 0 Å². The minimum atomic E-state index is -4.59. The Bertz CT molecular complexity index is 710. The van der Waals surface area contributed by atoms with Gasteiger partial charge in [-0.25, -0.2) is 4.98 Å². The van der Waals surface area contributed by atoms with Gasteiger partial charge in [0.05, 0.1) is 11.9 Å². The summed E-state index contributed by atoms with van der Waals surface area (Å²) in [4.78, 5) is 3.12. The van der Waals surface area contributed by atoms with Gasteiger partial charge in [0.15, 0.2) is 0 Å². The molecule has 0 spiro atoms. The monoisotopic (exact) mass is 325 g/mol. The maximum Gasteiger partial charge on any atom is 0.433 e. The van der Waals surface area contributed by atoms with Crippen LogP contribution in [0, 0.1) is 0 Å². The Hall–Kier alpha value is -1.95. The molecule has 2 heterocycles. The molecule has 0 unspecified atom stereocenters. The number of sulfonamides is 1. The van der Waals surface area contributed by atoms with Crippen molar-refractivity contribution in [1.29, 1.82) is 0 Å². The van der Waals surface area contributed by atoms with Crippen molar-refractivity contribution in [2.75, 3.05) is 10.5 Å². The Morgan fingerprint density at radius 1 is 1.25 bits per heavy atom. The fraction of sp³-hybridized carbons (Fsp3) is 0.125. The molecule has 12 heteroatoms. The van der Waals surface area contributed by atoms with Crippen molar-refractivity contribution in [1.82, 2.24) is 15.2 Å². The highest BCUT2D eigenvalue weighted by Crippen LogP contribution is 2.28. The van der Waals surface area contributed by atoms with Gasteiger partial charge in [-0.2, -0.15) is 21.6 Å². The number of nitrogens with one attached hydrogen (secondary N) is 1. The first-order valence-electron chi connectivity index (χ1n) is 4.83. The van der Waals surface area contributed by atoms with E-state index in [1.807, 2.05) is 4.72 Å². The normalized spacial score (nSPS) is 12.3. The molecule has 0 bridgehead atoms. The zero-order valence-corrected chi connectivity index (χ0v) is 11.1. The second-order valence-electron chi connectivity index (χ2n) is 3.44. The van der Waals surface area contributed by atoms with E-state index in [2.05, 4.69) is 15.2 Å². The van der Waals surface area contributed by atoms with Crippen LogP contribution in [0.1, 0.15) is 5.69 Å². The standard InChI is InChI=1S/C8H6F3N5O2S2/c9-8(10,11)5-2-1-4(3-13-5)16-20(17,18)7-15-14-6(12)19-7/h1-3,16H,(H2,12,14). The Morgan fingerprint density at radius 3 is 2.40 bits per heavy atom. The zero-order chi connectivity index (χ0) is 15.0. The van der Waals surface area contributed by atoms with Crippen LogP contribution in [0.2, 0.25) is 0 Å². The van der Waals surface area contributed by atoms with E-state index >= 15 is 0 Å². The molecule has 2 aromatic heterocycles. The molecule has 0 fully saturated rings. The van der Waals surface area contributed by atoms with E-state index in [-0.39, 0.29) is 10.8 Å². The maximum absolute atomic E-state index is 12.3. The summed E-state index contributed by atoms with van der Waals surface area (Å²) in [5, 5.41) is 6.62. The third-order valence-electron chi connectivity index (χ3n) is 1.96. The van der Waals surface area contributed by atoms with Gasteiger partial charge in [0.1, 0.15) is 5.69 Å². The number of nitrogen functional groups attached to an aromatic ring is 1. The summed E-state index contributed by atoms with van der Waals surface area (Å²) >= 11 is 0.626. The first-order valence-corrected chi connectivity index (χ1v) is 7.13. The maximum atomic E-state index is 12.3. The lowest BCUT2D eigenvalue weighted by Gasteiger charge is -2.07. The highest BCUT2D eigenvalue weighted by molar-refractivity contribution is 7.94. The molecule has 7 nitrogen and oxygen atoms in total. The number of aromatic nitrogens is 3. The van der Waals surface area contributed by atoms with Gasteiger partial charge in [-0.05, 0) is 12.1 Å². The highest BCUT2D eigenvalue weighted by Gasteiger charge is 2.32. The summed E-state index contributed by atoms with van der Waals surface area (Å²) in [6.45, 7) is 0. The van der Waals surface area contributed by atoms with Crippen LogP contribution in [0.5, 0.6) is 0 Å². The third-order valence-corrected chi connectivity index (χ3v) is 4.46. The first-order chi connectivity index (χ1) is 9.18. The summed E-state index contributed by atoms with van der Waals surface area (Å²) in [5.74, 6) is 0. The van der Waals surface area contributed by atoms with Crippen molar-refractivity contribution >= 4 is 32.2 Å². The number of nitrogens with two attached hydrogens (primary N) is 1. The van der Waals surface area contributed by atoms with E-state index in [0.717, 1.165) is 12.3 Å². The van der Waals surface area contributed by atoms with E-state index in [0.29, 0.717) is 17.4 Å². The van der Waals surface area contributed by atoms with Crippen LogP contribution >= 0.6 is 11.3 Å². The van der Waals surface area contributed by atoms with Crippen molar-refractivity contribution in [3.8, 4) is 0 Å². The molecule has 20 heavy (non-hydrogen) atoms. The van der Waals surface area contributed by atoms with Crippen molar-refractivity contribution in [2.45, 2.75) is 10.5 Å². The summed E-state index contributed by atoms with van der Waals surface area (Å²) in [6, 6.07) is 1.60. The largest absolute Gasteiger partial charge is 0.433 e. The number of nitrogens with zero attached hydrogens (tertiary/aromatic N) is 3. The van der Waals surface area contributed by atoms with Gasteiger partial charge in [0, 0.05) is 0 Å². The Balaban J connectivity index is 2.22. The van der Waals surface area contributed by atoms with Crippen LogP contribution in [-0.2, 0) is 16.2 Å². The Kier molecular flexibility index (Phi) is 3.52. The second-order valence-corrected chi connectivity index (χ2v) is 6.31. The minimum Gasteiger partial charge on any atom is -0.374 e. The first kappa shape index (κ1) is 14.5. The molecule has 0 saturated carbocycles. The molecular formula is C8H6F3N5O2S2. The number of rotatable bonds is 3. The summed E-state index contributed by atoms with van der Waals surface area (Å²) in [6.07, 6.45) is -3.84.